The predicted molar refractivity (Wildman–Crippen MR) is 107 cm³/mol. The van der Waals surface area contributed by atoms with Crippen molar-refractivity contribution in [3.05, 3.63) is 29.8 Å². The van der Waals surface area contributed by atoms with Gasteiger partial charge in [0.25, 0.3) is 0 Å². The lowest BCUT2D eigenvalue weighted by Crippen LogP contribution is -2.47. The van der Waals surface area contributed by atoms with Gasteiger partial charge in [-0.25, -0.2) is 8.51 Å². The first-order valence-electron chi connectivity index (χ1n) is 9.33. The molecule has 0 aliphatic carbocycles. The third kappa shape index (κ3) is 8.45. The van der Waals surface area contributed by atoms with Crippen LogP contribution in [0, 0.1) is 5.92 Å². The van der Waals surface area contributed by atoms with Gasteiger partial charge in [-0.2, -0.15) is 0 Å². The highest BCUT2D eigenvalue weighted by molar-refractivity contribution is 7.82. The number of rotatable bonds is 6. The predicted octanol–water partition coefficient (Wildman–Crippen LogP) is 3.76. The van der Waals surface area contributed by atoms with Gasteiger partial charge >= 0.3 is 0 Å². The van der Waals surface area contributed by atoms with E-state index in [9.17, 15) is 4.21 Å². The first-order chi connectivity index (χ1) is 11.8. The normalized spacial score (nSPS) is 17.4. The minimum Gasteiger partial charge on any atom is -0.383 e. The molecule has 0 spiro atoms. The summed E-state index contributed by atoms with van der Waals surface area (Å²) in [5.41, 5.74) is 1.29. The van der Waals surface area contributed by atoms with E-state index < -0.39 is 11.0 Å². The maximum absolute atomic E-state index is 12.6. The first kappa shape index (κ1) is 22.3. The van der Waals surface area contributed by atoms with Gasteiger partial charge in [-0.15, -0.1) is 0 Å². The van der Waals surface area contributed by atoms with Crippen molar-refractivity contribution in [2.45, 2.75) is 45.4 Å². The summed E-state index contributed by atoms with van der Waals surface area (Å²) in [6.45, 7) is 16.2. The molecule has 1 atom stereocenters. The van der Waals surface area contributed by atoms with Crippen molar-refractivity contribution in [1.82, 2.24) is 9.21 Å². The van der Waals surface area contributed by atoms with Crippen LogP contribution in [0.2, 0.25) is 0 Å². The Bertz CT molecular complexity index is 492. The Labute approximate surface area is 157 Å². The number of hydrogen-bond donors (Lipinski definition) is 0. The van der Waals surface area contributed by atoms with Crippen molar-refractivity contribution in [2.24, 2.45) is 5.92 Å². The summed E-state index contributed by atoms with van der Waals surface area (Å²) in [7, 11) is 0.692. The standard InChI is InChI=1S/C16H26N2O2S.C4H10/c1-14(2)15-4-6-16(7-5-15)21(19)18-10-8-17(9-11-18)12-13-20-3;1-4(2)3/h4-7,14H,8-13H2,1-3H3;4H,1-3H3. The molecule has 1 aliphatic heterocycles. The number of methoxy groups -OCH3 is 1. The molecule has 25 heavy (non-hydrogen) atoms. The molecular formula is C20H36N2O2S. The Morgan fingerprint density at radius 1 is 1.00 bits per heavy atom. The van der Waals surface area contributed by atoms with E-state index in [0.717, 1.165) is 50.1 Å². The van der Waals surface area contributed by atoms with Crippen LogP contribution in [0.3, 0.4) is 0 Å². The van der Waals surface area contributed by atoms with Crippen LogP contribution in [0.15, 0.2) is 29.2 Å². The zero-order valence-corrected chi connectivity index (χ0v) is 17.6. The summed E-state index contributed by atoms with van der Waals surface area (Å²) >= 11 is 0. The number of nitrogens with zero attached hydrogens (tertiary/aromatic N) is 2. The van der Waals surface area contributed by atoms with Crippen molar-refractivity contribution in [1.29, 1.82) is 0 Å². The average molecular weight is 369 g/mol. The fourth-order valence-corrected chi connectivity index (χ4v) is 3.62. The van der Waals surface area contributed by atoms with Gasteiger partial charge < -0.3 is 4.74 Å². The first-order valence-corrected chi connectivity index (χ1v) is 10.4. The third-order valence-electron chi connectivity index (χ3n) is 3.93. The fourth-order valence-electron chi connectivity index (χ4n) is 2.46. The molecule has 0 N–H and O–H groups in total. The molecule has 1 aromatic rings. The smallest absolute Gasteiger partial charge is 0.127 e. The lowest BCUT2D eigenvalue weighted by Gasteiger charge is -2.33. The van der Waals surface area contributed by atoms with Crippen molar-refractivity contribution in [3.8, 4) is 0 Å². The van der Waals surface area contributed by atoms with Gasteiger partial charge in [-0.1, -0.05) is 46.8 Å². The van der Waals surface area contributed by atoms with E-state index in [1.165, 1.54) is 5.56 Å². The van der Waals surface area contributed by atoms with Crippen LogP contribution in [0.25, 0.3) is 0 Å². The molecule has 144 valence electrons. The Hall–Kier alpha value is -0.750. The summed E-state index contributed by atoms with van der Waals surface area (Å²) in [6.07, 6.45) is 0. The molecule has 1 unspecified atom stereocenters. The second-order valence-electron chi connectivity index (χ2n) is 7.47. The summed E-state index contributed by atoms with van der Waals surface area (Å²) in [5, 5.41) is 0. The molecule has 1 aromatic carbocycles. The maximum Gasteiger partial charge on any atom is 0.127 e. The van der Waals surface area contributed by atoms with Gasteiger partial charge in [0.15, 0.2) is 0 Å². The summed E-state index contributed by atoms with van der Waals surface area (Å²) in [5.74, 6) is 1.34. The molecule has 2 rings (SSSR count). The van der Waals surface area contributed by atoms with Crippen molar-refractivity contribution < 1.29 is 8.95 Å². The van der Waals surface area contributed by atoms with Crippen molar-refractivity contribution in [3.63, 3.8) is 0 Å². The maximum atomic E-state index is 12.6. The van der Waals surface area contributed by atoms with E-state index in [1.807, 2.05) is 12.1 Å². The lowest BCUT2D eigenvalue weighted by atomic mass is 10.0. The Kier molecular flexibility index (Phi) is 10.5. The molecule has 0 bridgehead atoms. The quantitative estimate of drug-likeness (QED) is 0.766. The van der Waals surface area contributed by atoms with Crippen LogP contribution in [0.4, 0.5) is 0 Å². The molecule has 4 nitrogen and oxygen atoms in total. The molecule has 1 aliphatic rings. The van der Waals surface area contributed by atoms with Gasteiger partial charge in [-0.3, -0.25) is 4.90 Å². The molecule has 0 radical (unpaired) electrons. The van der Waals surface area contributed by atoms with E-state index in [4.69, 9.17) is 4.74 Å². The topological polar surface area (TPSA) is 32.8 Å². The van der Waals surface area contributed by atoms with E-state index in [0.29, 0.717) is 5.92 Å². The average Bonchev–Trinajstić information content (AvgIpc) is 2.59. The molecule has 0 amide bonds. The molecule has 1 heterocycles. The monoisotopic (exact) mass is 368 g/mol. The van der Waals surface area contributed by atoms with Crippen molar-refractivity contribution >= 4 is 11.0 Å². The molecule has 0 aromatic heterocycles. The third-order valence-corrected chi connectivity index (χ3v) is 5.44. The number of piperazine rings is 1. The van der Waals surface area contributed by atoms with E-state index in [-0.39, 0.29) is 0 Å². The summed E-state index contributed by atoms with van der Waals surface area (Å²) in [6, 6.07) is 8.19. The van der Waals surface area contributed by atoms with Crippen LogP contribution >= 0.6 is 0 Å². The Morgan fingerprint density at radius 2 is 1.52 bits per heavy atom. The number of hydrogen-bond acceptors (Lipinski definition) is 3. The van der Waals surface area contributed by atoms with Crippen LogP contribution < -0.4 is 0 Å². The Morgan fingerprint density at radius 3 is 1.96 bits per heavy atom. The van der Waals surface area contributed by atoms with Gasteiger partial charge in [-0.05, 0) is 29.5 Å². The highest BCUT2D eigenvalue weighted by Gasteiger charge is 2.21. The second kappa shape index (κ2) is 11.8. The summed E-state index contributed by atoms with van der Waals surface area (Å²) < 4.78 is 19.8. The Balaban J connectivity index is 0.000000705. The molecular weight excluding hydrogens is 332 g/mol. The van der Waals surface area contributed by atoms with Gasteiger partial charge in [0, 0.05) is 39.8 Å². The number of ether oxygens (including phenoxy) is 1. The van der Waals surface area contributed by atoms with Crippen LogP contribution in [0.1, 0.15) is 46.1 Å². The van der Waals surface area contributed by atoms with Crippen LogP contribution in [0.5, 0.6) is 0 Å². The minimum absolute atomic E-state index is 0.511. The van der Waals surface area contributed by atoms with Gasteiger partial charge in [0.05, 0.1) is 11.5 Å². The zero-order valence-electron chi connectivity index (χ0n) is 16.8. The van der Waals surface area contributed by atoms with Crippen LogP contribution in [-0.2, 0) is 15.7 Å². The fraction of sp³-hybridized carbons (Fsp3) is 0.700. The molecule has 5 heteroatoms. The summed E-state index contributed by atoms with van der Waals surface area (Å²) in [4.78, 5) is 3.27. The lowest BCUT2D eigenvalue weighted by molar-refractivity contribution is 0.124. The van der Waals surface area contributed by atoms with Gasteiger partial charge in [0.1, 0.15) is 11.0 Å². The highest BCUT2D eigenvalue weighted by atomic mass is 32.2. The van der Waals surface area contributed by atoms with Crippen LogP contribution in [-0.4, -0.2) is 59.9 Å². The second-order valence-corrected chi connectivity index (χ2v) is 8.95. The van der Waals surface area contributed by atoms with Gasteiger partial charge in [0.2, 0.25) is 0 Å². The molecule has 1 saturated heterocycles. The van der Waals surface area contributed by atoms with E-state index in [2.05, 4.69) is 56.0 Å². The SMILES string of the molecule is CC(C)C.COCCN1CCN(S(=O)c2ccc(C(C)C)cc2)CC1. The van der Waals surface area contributed by atoms with Crippen molar-refractivity contribution in [2.75, 3.05) is 46.4 Å². The highest BCUT2D eigenvalue weighted by Crippen LogP contribution is 2.18. The largest absolute Gasteiger partial charge is 0.383 e. The number of benzene rings is 1. The molecule has 1 fully saturated rings. The van der Waals surface area contributed by atoms with E-state index >= 15 is 0 Å². The zero-order chi connectivity index (χ0) is 18.8. The van der Waals surface area contributed by atoms with E-state index in [1.54, 1.807) is 7.11 Å². The minimum atomic E-state index is -1.04. The molecule has 0 saturated carbocycles.